The molecule has 1 rings (SSSR count). The molecule has 2 N–H and O–H groups in total. The summed E-state index contributed by atoms with van der Waals surface area (Å²) < 4.78 is 1.53. The lowest BCUT2D eigenvalue weighted by atomic mass is 9.87. The Labute approximate surface area is 118 Å². The first kappa shape index (κ1) is 16.2. The van der Waals surface area contributed by atoms with Crippen LogP contribution in [0.3, 0.4) is 0 Å². The first-order valence-corrected chi connectivity index (χ1v) is 6.76. The van der Waals surface area contributed by atoms with Crippen molar-refractivity contribution in [3.05, 3.63) is 22.7 Å². The van der Waals surface area contributed by atoms with Crippen molar-refractivity contribution in [1.82, 2.24) is 9.55 Å². The van der Waals surface area contributed by atoms with E-state index in [-0.39, 0.29) is 29.3 Å². The normalized spacial score (nSPS) is 13.0. The monoisotopic (exact) mass is 281 g/mol. The van der Waals surface area contributed by atoms with Gasteiger partial charge in [0.05, 0.1) is 6.42 Å². The highest BCUT2D eigenvalue weighted by molar-refractivity contribution is 5.68. The van der Waals surface area contributed by atoms with Gasteiger partial charge in [0.15, 0.2) is 5.82 Å². The van der Waals surface area contributed by atoms with Crippen molar-refractivity contribution < 1.29 is 9.90 Å². The Kier molecular flexibility index (Phi) is 5.30. The molecule has 0 amide bonds. The van der Waals surface area contributed by atoms with Gasteiger partial charge in [-0.05, 0) is 18.8 Å². The van der Waals surface area contributed by atoms with E-state index in [1.165, 1.54) is 4.57 Å². The number of carbonyl (C=O) groups is 1. The van der Waals surface area contributed by atoms with Crippen LogP contribution in [0.25, 0.3) is 0 Å². The van der Waals surface area contributed by atoms with Crippen molar-refractivity contribution in [2.24, 2.45) is 5.41 Å². The first-order valence-electron chi connectivity index (χ1n) is 6.76. The lowest BCUT2D eigenvalue weighted by molar-refractivity contribution is -0.137. The van der Waals surface area contributed by atoms with Gasteiger partial charge in [0.1, 0.15) is 0 Å². The molecule has 0 spiro atoms. The molecule has 0 aliphatic heterocycles. The Hall–Kier alpha value is -1.85. The minimum absolute atomic E-state index is 0.0360. The Bertz CT molecular complexity index is 517. The molecule has 0 saturated carbocycles. The number of nitrogens with one attached hydrogen (secondary N) is 1. The van der Waals surface area contributed by atoms with Gasteiger partial charge in [-0.2, -0.15) is 0 Å². The van der Waals surface area contributed by atoms with E-state index in [1.54, 1.807) is 12.4 Å². The second-order valence-electron chi connectivity index (χ2n) is 6.07. The van der Waals surface area contributed by atoms with Gasteiger partial charge < -0.3 is 15.0 Å². The minimum atomic E-state index is -0.890. The zero-order valence-electron chi connectivity index (χ0n) is 12.5. The predicted molar refractivity (Wildman–Crippen MR) is 77.9 cm³/mol. The number of hydrogen-bond donors (Lipinski definition) is 2. The van der Waals surface area contributed by atoms with Crippen LogP contribution >= 0.6 is 0 Å². The predicted octanol–water partition coefficient (Wildman–Crippen LogP) is 1.95. The number of rotatable bonds is 6. The minimum Gasteiger partial charge on any atom is -0.481 e. The first-order chi connectivity index (χ1) is 9.23. The fourth-order valence-corrected chi connectivity index (χ4v) is 2.11. The highest BCUT2D eigenvalue weighted by Crippen LogP contribution is 2.23. The molecule has 6 heteroatoms. The number of aromatic nitrogens is 2. The number of nitrogens with zero attached hydrogens (tertiary/aromatic N) is 2. The van der Waals surface area contributed by atoms with Gasteiger partial charge in [-0.1, -0.05) is 20.8 Å². The number of carboxylic acid groups (broad SMARTS) is 1. The molecular formula is C14H23N3O3. The van der Waals surface area contributed by atoms with Crippen LogP contribution in [0.4, 0.5) is 5.82 Å². The maximum atomic E-state index is 12.1. The Morgan fingerprint density at radius 2 is 2.15 bits per heavy atom. The van der Waals surface area contributed by atoms with Crippen LogP contribution in [-0.4, -0.2) is 26.7 Å². The fraction of sp³-hybridized carbons (Fsp3) is 0.643. The third-order valence-corrected chi connectivity index (χ3v) is 2.88. The molecule has 1 aromatic rings. The molecule has 0 aliphatic rings. The number of anilines is 1. The molecule has 0 aromatic carbocycles. The largest absolute Gasteiger partial charge is 0.481 e. The van der Waals surface area contributed by atoms with E-state index in [2.05, 4.69) is 10.3 Å². The molecule has 112 valence electrons. The molecule has 6 nitrogen and oxygen atoms in total. The molecule has 1 atom stereocenters. The molecule has 0 bridgehead atoms. The summed E-state index contributed by atoms with van der Waals surface area (Å²) in [6.45, 7) is 8.53. The van der Waals surface area contributed by atoms with Crippen LogP contribution in [0.5, 0.6) is 0 Å². The Balaban J connectivity index is 2.95. The summed E-state index contributed by atoms with van der Waals surface area (Å²) in [5.74, 6) is -0.677. The molecule has 0 radical (unpaired) electrons. The third-order valence-electron chi connectivity index (χ3n) is 2.88. The van der Waals surface area contributed by atoms with Crippen LogP contribution in [0.15, 0.2) is 17.2 Å². The Morgan fingerprint density at radius 1 is 1.50 bits per heavy atom. The summed E-state index contributed by atoms with van der Waals surface area (Å²) >= 11 is 0. The molecule has 1 heterocycles. The van der Waals surface area contributed by atoms with Gasteiger partial charge >= 0.3 is 5.97 Å². The summed E-state index contributed by atoms with van der Waals surface area (Å²) in [5.41, 5.74) is -0.259. The second kappa shape index (κ2) is 6.54. The lowest BCUT2D eigenvalue weighted by Gasteiger charge is -2.26. The van der Waals surface area contributed by atoms with Crippen LogP contribution in [0, 0.1) is 5.41 Å². The number of carboxylic acids is 1. The lowest BCUT2D eigenvalue weighted by Crippen LogP contribution is -2.33. The van der Waals surface area contributed by atoms with Gasteiger partial charge in [-0.15, -0.1) is 0 Å². The molecule has 0 fully saturated rings. The topological polar surface area (TPSA) is 84.2 Å². The molecular weight excluding hydrogens is 258 g/mol. The van der Waals surface area contributed by atoms with Crippen molar-refractivity contribution in [3.63, 3.8) is 0 Å². The highest BCUT2D eigenvalue weighted by Gasteiger charge is 2.22. The Morgan fingerprint density at radius 3 is 2.65 bits per heavy atom. The van der Waals surface area contributed by atoms with E-state index in [9.17, 15) is 9.59 Å². The van der Waals surface area contributed by atoms with Crippen molar-refractivity contribution in [3.8, 4) is 0 Å². The van der Waals surface area contributed by atoms with E-state index < -0.39 is 5.97 Å². The summed E-state index contributed by atoms with van der Waals surface area (Å²) in [6, 6.07) is -0.319. The maximum Gasteiger partial charge on any atom is 0.305 e. The van der Waals surface area contributed by atoms with E-state index in [1.807, 2.05) is 27.7 Å². The van der Waals surface area contributed by atoms with E-state index >= 15 is 0 Å². The van der Waals surface area contributed by atoms with Gasteiger partial charge in [0.25, 0.3) is 5.56 Å². The third kappa shape index (κ3) is 5.03. The molecule has 0 aliphatic carbocycles. The van der Waals surface area contributed by atoms with Crippen molar-refractivity contribution in [2.75, 3.05) is 5.32 Å². The molecule has 20 heavy (non-hydrogen) atoms. The van der Waals surface area contributed by atoms with Gasteiger partial charge in [0, 0.05) is 25.0 Å². The summed E-state index contributed by atoms with van der Waals surface area (Å²) in [7, 11) is 0. The SMILES string of the molecule is CCn1ccnc(NC(CC(=O)O)CC(C)(C)C)c1=O. The van der Waals surface area contributed by atoms with Crippen molar-refractivity contribution in [1.29, 1.82) is 0 Å². The fourth-order valence-electron chi connectivity index (χ4n) is 2.11. The number of aliphatic carboxylic acids is 1. The summed E-state index contributed by atoms with van der Waals surface area (Å²) in [5, 5.41) is 12.0. The van der Waals surface area contributed by atoms with Crippen LogP contribution in [0.1, 0.15) is 40.5 Å². The summed E-state index contributed by atoms with van der Waals surface area (Å²) in [4.78, 5) is 27.1. The average Bonchev–Trinajstić information content (AvgIpc) is 2.28. The highest BCUT2D eigenvalue weighted by atomic mass is 16.4. The van der Waals surface area contributed by atoms with Crippen molar-refractivity contribution in [2.45, 2.75) is 53.1 Å². The standard InChI is InChI=1S/C14H23N3O3/c1-5-17-7-6-15-12(13(17)20)16-10(8-11(18)19)9-14(2,3)4/h6-7,10H,5,8-9H2,1-4H3,(H,15,16)(H,18,19). The van der Waals surface area contributed by atoms with Crippen molar-refractivity contribution >= 4 is 11.8 Å². The van der Waals surface area contributed by atoms with Crippen LogP contribution in [0.2, 0.25) is 0 Å². The van der Waals surface area contributed by atoms with E-state index in [0.717, 1.165) is 0 Å². The smallest absolute Gasteiger partial charge is 0.305 e. The van der Waals surface area contributed by atoms with Gasteiger partial charge in [-0.25, -0.2) is 4.98 Å². The van der Waals surface area contributed by atoms with Crippen LogP contribution < -0.4 is 10.9 Å². The van der Waals surface area contributed by atoms with E-state index in [4.69, 9.17) is 5.11 Å². The average molecular weight is 281 g/mol. The zero-order chi connectivity index (χ0) is 15.3. The molecule has 1 aromatic heterocycles. The van der Waals surface area contributed by atoms with E-state index in [0.29, 0.717) is 13.0 Å². The van der Waals surface area contributed by atoms with Crippen LogP contribution in [-0.2, 0) is 11.3 Å². The van der Waals surface area contributed by atoms with Gasteiger partial charge in [0.2, 0.25) is 0 Å². The number of aryl methyl sites for hydroxylation is 1. The summed E-state index contributed by atoms with van der Waals surface area (Å²) in [6.07, 6.45) is 3.76. The molecule has 0 saturated heterocycles. The molecule has 1 unspecified atom stereocenters. The second-order valence-corrected chi connectivity index (χ2v) is 6.07. The number of hydrogen-bond acceptors (Lipinski definition) is 4. The zero-order valence-corrected chi connectivity index (χ0v) is 12.5. The quantitative estimate of drug-likeness (QED) is 0.832. The van der Waals surface area contributed by atoms with Gasteiger partial charge in [-0.3, -0.25) is 9.59 Å². The maximum absolute atomic E-state index is 12.1.